The van der Waals surface area contributed by atoms with Crippen LogP contribution >= 0.6 is 11.8 Å². The highest BCUT2D eigenvalue weighted by Gasteiger charge is 2.46. The van der Waals surface area contributed by atoms with Gasteiger partial charge in [0.2, 0.25) is 0 Å². The highest BCUT2D eigenvalue weighted by atomic mass is 32.2. The maximum absolute atomic E-state index is 5.99. The number of nitrogens with zero attached hydrogens (tertiary/aromatic N) is 1. The van der Waals surface area contributed by atoms with Crippen LogP contribution in [0.15, 0.2) is 0 Å². The smallest absolute Gasteiger partial charge is 0.0335 e. The zero-order chi connectivity index (χ0) is 10.2. The summed E-state index contributed by atoms with van der Waals surface area (Å²) >= 11 is 2.08. The van der Waals surface area contributed by atoms with E-state index in [1.165, 1.54) is 30.9 Å². The molecule has 2 N–H and O–H groups in total. The van der Waals surface area contributed by atoms with Gasteiger partial charge < -0.3 is 5.73 Å². The lowest BCUT2D eigenvalue weighted by molar-refractivity contribution is 0.0631. The third-order valence-electron chi connectivity index (χ3n) is 3.89. The quantitative estimate of drug-likeness (QED) is 0.773. The highest BCUT2D eigenvalue weighted by Crippen LogP contribution is 2.44. The van der Waals surface area contributed by atoms with Gasteiger partial charge in [-0.15, -0.1) is 0 Å². The SMILES string of the molecule is CC1CSCCN1C(C)(CN)C1CC1. The molecule has 0 spiro atoms. The largest absolute Gasteiger partial charge is 0.329 e. The van der Waals surface area contributed by atoms with Crippen molar-refractivity contribution in [3.8, 4) is 0 Å². The molecule has 1 saturated carbocycles. The number of thioether (sulfide) groups is 1. The summed E-state index contributed by atoms with van der Waals surface area (Å²) in [6, 6.07) is 0.711. The number of rotatable bonds is 3. The van der Waals surface area contributed by atoms with Crippen molar-refractivity contribution in [3.63, 3.8) is 0 Å². The lowest BCUT2D eigenvalue weighted by Gasteiger charge is -2.47. The van der Waals surface area contributed by atoms with Crippen LogP contribution < -0.4 is 5.73 Å². The Morgan fingerprint density at radius 2 is 2.21 bits per heavy atom. The second-order valence-electron chi connectivity index (χ2n) is 4.95. The van der Waals surface area contributed by atoms with Gasteiger partial charge in [0.1, 0.15) is 0 Å². The van der Waals surface area contributed by atoms with Gasteiger partial charge in [-0.2, -0.15) is 11.8 Å². The van der Waals surface area contributed by atoms with E-state index < -0.39 is 0 Å². The maximum Gasteiger partial charge on any atom is 0.0335 e. The summed E-state index contributed by atoms with van der Waals surface area (Å²) < 4.78 is 0. The second kappa shape index (κ2) is 4.03. The molecule has 1 saturated heterocycles. The third-order valence-corrected chi connectivity index (χ3v) is 5.08. The molecule has 0 aromatic heterocycles. The lowest BCUT2D eigenvalue weighted by atomic mass is 9.92. The fourth-order valence-electron chi connectivity index (χ4n) is 2.71. The van der Waals surface area contributed by atoms with E-state index in [1.54, 1.807) is 0 Å². The van der Waals surface area contributed by atoms with Gasteiger partial charge >= 0.3 is 0 Å². The average molecular weight is 214 g/mol. The van der Waals surface area contributed by atoms with Crippen LogP contribution in [-0.2, 0) is 0 Å². The molecule has 14 heavy (non-hydrogen) atoms. The van der Waals surface area contributed by atoms with Gasteiger partial charge in [-0.25, -0.2) is 0 Å². The Labute approximate surface area is 91.6 Å². The van der Waals surface area contributed by atoms with E-state index in [0.29, 0.717) is 11.6 Å². The first kappa shape index (κ1) is 10.8. The van der Waals surface area contributed by atoms with Crippen LogP contribution in [0.3, 0.4) is 0 Å². The Hall–Kier alpha value is 0.270. The summed E-state index contributed by atoms with van der Waals surface area (Å²) in [6.45, 7) is 6.78. The summed E-state index contributed by atoms with van der Waals surface area (Å²) in [4.78, 5) is 2.67. The van der Waals surface area contributed by atoms with Gasteiger partial charge in [-0.3, -0.25) is 4.90 Å². The van der Waals surface area contributed by atoms with Crippen molar-refractivity contribution >= 4 is 11.8 Å². The predicted octanol–water partition coefficient (Wildman–Crippen LogP) is 1.55. The Balaban J connectivity index is 2.08. The zero-order valence-corrected chi connectivity index (χ0v) is 10.1. The van der Waals surface area contributed by atoms with Crippen molar-refractivity contribution in [3.05, 3.63) is 0 Å². The van der Waals surface area contributed by atoms with Gasteiger partial charge in [0.05, 0.1) is 0 Å². The van der Waals surface area contributed by atoms with Crippen molar-refractivity contribution in [2.45, 2.75) is 38.3 Å². The summed E-state index contributed by atoms with van der Waals surface area (Å²) in [7, 11) is 0. The van der Waals surface area contributed by atoms with Crippen molar-refractivity contribution in [1.82, 2.24) is 4.90 Å². The van der Waals surface area contributed by atoms with Crippen LogP contribution in [0.4, 0.5) is 0 Å². The van der Waals surface area contributed by atoms with Gasteiger partial charge in [0.15, 0.2) is 0 Å². The summed E-state index contributed by atoms with van der Waals surface area (Å²) in [5.41, 5.74) is 6.28. The van der Waals surface area contributed by atoms with Crippen LogP contribution in [0, 0.1) is 5.92 Å². The first-order valence-corrected chi connectivity index (χ1v) is 6.88. The van der Waals surface area contributed by atoms with Crippen LogP contribution in [0.2, 0.25) is 0 Å². The molecule has 1 aliphatic carbocycles. The number of hydrogen-bond acceptors (Lipinski definition) is 3. The monoisotopic (exact) mass is 214 g/mol. The van der Waals surface area contributed by atoms with Crippen LogP contribution in [0.25, 0.3) is 0 Å². The van der Waals surface area contributed by atoms with E-state index in [9.17, 15) is 0 Å². The number of nitrogens with two attached hydrogens (primary N) is 1. The topological polar surface area (TPSA) is 29.3 Å². The van der Waals surface area contributed by atoms with Crippen molar-refractivity contribution in [2.75, 3.05) is 24.6 Å². The fourth-order valence-corrected chi connectivity index (χ4v) is 3.72. The molecule has 0 amide bonds. The van der Waals surface area contributed by atoms with Gasteiger partial charge in [0, 0.05) is 36.2 Å². The van der Waals surface area contributed by atoms with E-state index in [2.05, 4.69) is 30.5 Å². The van der Waals surface area contributed by atoms with E-state index in [1.807, 2.05) is 0 Å². The van der Waals surface area contributed by atoms with Crippen molar-refractivity contribution in [2.24, 2.45) is 11.7 Å². The summed E-state index contributed by atoms with van der Waals surface area (Å²) in [6.07, 6.45) is 2.79. The maximum atomic E-state index is 5.99. The molecule has 2 aliphatic rings. The third kappa shape index (κ3) is 1.82. The lowest BCUT2D eigenvalue weighted by Crippen LogP contribution is -2.59. The molecule has 0 aromatic rings. The first-order valence-electron chi connectivity index (χ1n) is 5.73. The molecule has 2 atom stereocenters. The standard InChI is InChI=1S/C11H22N2S/c1-9-7-14-6-5-13(9)11(2,8-12)10-3-4-10/h9-10H,3-8,12H2,1-2H3. The Kier molecular flexibility index (Phi) is 3.10. The van der Waals surface area contributed by atoms with Gasteiger partial charge in [-0.05, 0) is 32.6 Å². The Morgan fingerprint density at radius 1 is 1.50 bits per heavy atom. The minimum Gasteiger partial charge on any atom is -0.329 e. The molecular formula is C11H22N2S. The Morgan fingerprint density at radius 3 is 2.71 bits per heavy atom. The molecule has 2 unspecified atom stereocenters. The fraction of sp³-hybridized carbons (Fsp3) is 1.00. The average Bonchev–Trinajstić information content (AvgIpc) is 3.01. The minimum atomic E-state index is 0.292. The molecule has 0 aromatic carbocycles. The summed E-state index contributed by atoms with van der Waals surface area (Å²) in [5, 5.41) is 0. The van der Waals surface area contributed by atoms with Gasteiger partial charge in [-0.1, -0.05) is 0 Å². The molecule has 1 heterocycles. The minimum absolute atomic E-state index is 0.292. The van der Waals surface area contributed by atoms with Crippen molar-refractivity contribution in [1.29, 1.82) is 0 Å². The van der Waals surface area contributed by atoms with Crippen LogP contribution in [0.1, 0.15) is 26.7 Å². The normalized spacial score (nSPS) is 34.1. The van der Waals surface area contributed by atoms with Crippen molar-refractivity contribution < 1.29 is 0 Å². The molecular weight excluding hydrogens is 192 g/mol. The molecule has 3 heteroatoms. The molecule has 0 bridgehead atoms. The van der Waals surface area contributed by atoms with E-state index in [-0.39, 0.29) is 0 Å². The van der Waals surface area contributed by atoms with Gasteiger partial charge in [0.25, 0.3) is 0 Å². The zero-order valence-electron chi connectivity index (χ0n) is 9.33. The van der Waals surface area contributed by atoms with Crippen LogP contribution in [0.5, 0.6) is 0 Å². The predicted molar refractivity (Wildman–Crippen MR) is 63.7 cm³/mol. The first-order chi connectivity index (χ1) is 6.68. The highest BCUT2D eigenvalue weighted by molar-refractivity contribution is 7.99. The molecule has 82 valence electrons. The number of hydrogen-bond donors (Lipinski definition) is 1. The molecule has 0 radical (unpaired) electrons. The van der Waals surface area contributed by atoms with E-state index in [0.717, 1.165) is 12.5 Å². The Bertz CT molecular complexity index is 205. The van der Waals surface area contributed by atoms with E-state index in [4.69, 9.17) is 5.73 Å². The molecule has 1 aliphatic heterocycles. The summed E-state index contributed by atoms with van der Waals surface area (Å²) in [5.74, 6) is 3.44. The van der Waals surface area contributed by atoms with E-state index >= 15 is 0 Å². The molecule has 2 nitrogen and oxygen atoms in total. The molecule has 2 fully saturated rings. The van der Waals surface area contributed by atoms with Crippen LogP contribution in [-0.4, -0.2) is 41.1 Å². The second-order valence-corrected chi connectivity index (χ2v) is 6.10. The molecule has 2 rings (SSSR count).